The third-order valence-electron chi connectivity index (χ3n) is 3.24. The second kappa shape index (κ2) is 2.73. The lowest BCUT2D eigenvalue weighted by atomic mass is 9.88. The molecule has 2 heterocycles. The molecule has 2 rings (SSSR count). The zero-order valence-electron chi connectivity index (χ0n) is 7.15. The lowest BCUT2D eigenvalue weighted by Crippen LogP contribution is -3.21. The summed E-state index contributed by atoms with van der Waals surface area (Å²) in [5, 5.41) is 1.50. The minimum atomic E-state index is 0.512. The first kappa shape index (κ1) is 7.53. The van der Waals surface area contributed by atoms with E-state index < -0.39 is 0 Å². The van der Waals surface area contributed by atoms with E-state index >= 15 is 0 Å². The Balaban J connectivity index is 2.06. The fourth-order valence-electron chi connectivity index (χ4n) is 2.25. The molecule has 0 aromatic carbocycles. The van der Waals surface area contributed by atoms with E-state index in [4.69, 9.17) is 4.74 Å². The highest BCUT2D eigenvalue weighted by Crippen LogP contribution is 2.21. The smallest absolute Gasteiger partial charge is 0.121 e. The SMILES string of the molecule is C[NH+]1NCCC12CCOCC2. The van der Waals surface area contributed by atoms with Crippen LogP contribution in [0.25, 0.3) is 0 Å². The lowest BCUT2D eigenvalue weighted by Gasteiger charge is -2.34. The molecule has 0 radical (unpaired) electrons. The average Bonchev–Trinajstić information content (AvgIpc) is 2.36. The summed E-state index contributed by atoms with van der Waals surface area (Å²) >= 11 is 0. The third kappa shape index (κ3) is 1.17. The van der Waals surface area contributed by atoms with E-state index in [9.17, 15) is 0 Å². The number of nitrogens with one attached hydrogen (secondary N) is 2. The molecule has 3 nitrogen and oxygen atoms in total. The second-order valence-corrected chi connectivity index (χ2v) is 3.69. The molecule has 2 saturated heterocycles. The van der Waals surface area contributed by atoms with Crippen LogP contribution in [0, 0.1) is 0 Å². The maximum absolute atomic E-state index is 5.36. The van der Waals surface area contributed by atoms with Crippen LogP contribution in [-0.4, -0.2) is 32.3 Å². The van der Waals surface area contributed by atoms with E-state index in [-0.39, 0.29) is 0 Å². The van der Waals surface area contributed by atoms with Crippen molar-refractivity contribution in [2.45, 2.75) is 24.8 Å². The third-order valence-corrected chi connectivity index (χ3v) is 3.24. The molecular weight excluding hydrogens is 140 g/mol. The Labute approximate surface area is 67.7 Å². The summed E-state index contributed by atoms with van der Waals surface area (Å²) in [4.78, 5) is 0. The largest absolute Gasteiger partial charge is 0.381 e. The van der Waals surface area contributed by atoms with E-state index in [1.807, 2.05) is 0 Å². The van der Waals surface area contributed by atoms with E-state index in [2.05, 4.69) is 12.5 Å². The summed E-state index contributed by atoms with van der Waals surface area (Å²) < 4.78 is 5.36. The van der Waals surface area contributed by atoms with E-state index in [1.54, 1.807) is 0 Å². The molecule has 0 amide bonds. The summed E-state index contributed by atoms with van der Waals surface area (Å²) in [6.07, 6.45) is 3.78. The normalized spacial score (nSPS) is 36.3. The van der Waals surface area contributed by atoms with Crippen LogP contribution in [-0.2, 0) is 4.74 Å². The topological polar surface area (TPSA) is 25.7 Å². The Bertz CT molecular complexity index is 143. The van der Waals surface area contributed by atoms with Crippen molar-refractivity contribution in [1.29, 1.82) is 0 Å². The monoisotopic (exact) mass is 157 g/mol. The maximum Gasteiger partial charge on any atom is 0.121 e. The van der Waals surface area contributed by atoms with Crippen LogP contribution in [0.5, 0.6) is 0 Å². The molecule has 0 saturated carbocycles. The van der Waals surface area contributed by atoms with Gasteiger partial charge >= 0.3 is 0 Å². The van der Waals surface area contributed by atoms with Gasteiger partial charge in [-0.25, -0.2) is 0 Å². The van der Waals surface area contributed by atoms with Gasteiger partial charge in [-0.15, -0.1) is 0 Å². The maximum atomic E-state index is 5.36. The van der Waals surface area contributed by atoms with E-state index in [0.717, 1.165) is 13.2 Å². The highest BCUT2D eigenvalue weighted by atomic mass is 16.5. The lowest BCUT2D eigenvalue weighted by molar-refractivity contribution is -0.964. The van der Waals surface area contributed by atoms with Gasteiger partial charge in [0.15, 0.2) is 0 Å². The Morgan fingerprint density at radius 2 is 2.00 bits per heavy atom. The van der Waals surface area contributed by atoms with Gasteiger partial charge in [-0.3, -0.25) is 5.01 Å². The predicted molar refractivity (Wildman–Crippen MR) is 42.3 cm³/mol. The van der Waals surface area contributed by atoms with Gasteiger partial charge < -0.3 is 4.74 Å². The van der Waals surface area contributed by atoms with Gasteiger partial charge in [-0.1, -0.05) is 0 Å². The first-order valence-electron chi connectivity index (χ1n) is 4.49. The highest BCUT2D eigenvalue weighted by Gasteiger charge is 2.44. The van der Waals surface area contributed by atoms with E-state index in [0.29, 0.717) is 5.54 Å². The number of hydrogen-bond acceptors (Lipinski definition) is 2. The molecule has 1 atom stereocenters. The molecule has 0 aromatic heterocycles. The molecule has 0 aliphatic carbocycles. The van der Waals surface area contributed by atoms with Gasteiger partial charge in [-0.05, 0) is 0 Å². The molecule has 1 spiro atoms. The summed E-state index contributed by atoms with van der Waals surface area (Å²) in [7, 11) is 2.23. The number of ether oxygens (including phenoxy) is 1. The second-order valence-electron chi connectivity index (χ2n) is 3.69. The predicted octanol–water partition coefficient (Wildman–Crippen LogP) is -1.04. The fourth-order valence-corrected chi connectivity index (χ4v) is 2.25. The average molecular weight is 157 g/mol. The van der Waals surface area contributed by atoms with Gasteiger partial charge in [0.25, 0.3) is 0 Å². The van der Waals surface area contributed by atoms with Crippen molar-refractivity contribution >= 4 is 0 Å². The zero-order valence-corrected chi connectivity index (χ0v) is 7.15. The summed E-state index contributed by atoms with van der Waals surface area (Å²) in [5.41, 5.74) is 3.95. The molecule has 3 heteroatoms. The molecule has 2 fully saturated rings. The molecule has 2 aliphatic rings. The molecule has 1 unspecified atom stereocenters. The van der Waals surface area contributed by atoms with Crippen LogP contribution in [0.3, 0.4) is 0 Å². The minimum Gasteiger partial charge on any atom is -0.381 e. The summed E-state index contributed by atoms with van der Waals surface area (Å²) in [6.45, 7) is 3.09. The zero-order chi connectivity index (χ0) is 7.73. The van der Waals surface area contributed by atoms with Gasteiger partial charge in [0.1, 0.15) is 5.54 Å². The van der Waals surface area contributed by atoms with Gasteiger partial charge in [0, 0.05) is 19.3 Å². The van der Waals surface area contributed by atoms with Crippen molar-refractivity contribution in [3.8, 4) is 0 Å². The van der Waals surface area contributed by atoms with Crippen molar-refractivity contribution in [3.63, 3.8) is 0 Å². The standard InChI is InChI=1S/C8H16N2O/c1-10-8(2-5-9-10)3-6-11-7-4-8/h9H,2-7H2,1H3/p+1. The van der Waals surface area contributed by atoms with Crippen LogP contribution in [0.15, 0.2) is 0 Å². The van der Waals surface area contributed by atoms with Crippen LogP contribution < -0.4 is 10.4 Å². The van der Waals surface area contributed by atoms with Crippen LogP contribution in [0.1, 0.15) is 19.3 Å². The molecule has 2 aliphatic heterocycles. The Morgan fingerprint density at radius 3 is 2.55 bits per heavy atom. The Morgan fingerprint density at radius 1 is 1.27 bits per heavy atom. The molecule has 0 bridgehead atoms. The van der Waals surface area contributed by atoms with Gasteiger partial charge in [-0.2, -0.15) is 5.43 Å². The quantitative estimate of drug-likeness (QED) is 0.469. The first-order valence-corrected chi connectivity index (χ1v) is 4.49. The highest BCUT2D eigenvalue weighted by molar-refractivity contribution is 4.83. The number of rotatable bonds is 0. The molecule has 2 N–H and O–H groups in total. The minimum absolute atomic E-state index is 0.512. The van der Waals surface area contributed by atoms with Crippen molar-refractivity contribution in [2.24, 2.45) is 0 Å². The number of hydrogen-bond donors (Lipinski definition) is 2. The number of quaternary nitrogens is 1. The summed E-state index contributed by atoms with van der Waals surface area (Å²) in [5.74, 6) is 0. The van der Waals surface area contributed by atoms with Crippen molar-refractivity contribution in [3.05, 3.63) is 0 Å². The van der Waals surface area contributed by atoms with Crippen LogP contribution in [0.2, 0.25) is 0 Å². The Hall–Kier alpha value is -0.120. The molecular formula is C8H17N2O+. The van der Waals surface area contributed by atoms with E-state index in [1.165, 1.54) is 30.8 Å². The summed E-state index contributed by atoms with van der Waals surface area (Å²) in [6, 6.07) is 0. The van der Waals surface area contributed by atoms with Gasteiger partial charge in [0.05, 0.1) is 26.8 Å². The van der Waals surface area contributed by atoms with Crippen molar-refractivity contribution in [1.82, 2.24) is 5.43 Å². The first-order chi connectivity index (χ1) is 5.33. The van der Waals surface area contributed by atoms with Gasteiger partial charge in [0.2, 0.25) is 0 Å². The molecule has 0 aromatic rings. The Kier molecular flexibility index (Phi) is 1.87. The molecule has 64 valence electrons. The van der Waals surface area contributed by atoms with Crippen molar-refractivity contribution in [2.75, 3.05) is 26.8 Å². The van der Waals surface area contributed by atoms with Crippen molar-refractivity contribution < 1.29 is 9.75 Å². The molecule has 11 heavy (non-hydrogen) atoms. The van der Waals surface area contributed by atoms with Crippen LogP contribution in [0.4, 0.5) is 0 Å². The fraction of sp³-hybridized carbons (Fsp3) is 1.00. The van der Waals surface area contributed by atoms with Crippen LogP contribution >= 0.6 is 0 Å².